The van der Waals surface area contributed by atoms with Crippen molar-refractivity contribution >= 4 is 22.6 Å². The fourth-order valence-electron chi connectivity index (χ4n) is 4.26. The number of hydrogen-bond acceptors (Lipinski definition) is 3. The first kappa shape index (κ1) is 33.1. The lowest BCUT2D eigenvalue weighted by Crippen LogP contribution is -2.41. The van der Waals surface area contributed by atoms with Crippen molar-refractivity contribution in [3.05, 3.63) is 71.9 Å². The number of benzene rings is 2. The third-order valence-electron chi connectivity index (χ3n) is 6.57. The van der Waals surface area contributed by atoms with Crippen LogP contribution in [0.1, 0.15) is 97.1 Å². The number of hydrogen-bond donors (Lipinski definition) is 3. The number of aromatic nitrogens is 1. The Kier molecular flexibility index (Phi) is 16.0. The fourth-order valence-corrected chi connectivity index (χ4v) is 4.26. The number of aromatic amines is 1. The molecule has 0 radical (unpaired) electrons. The standard InChI is InChI=1S/C22H32N2O2.C10H14.CH5N/c1-3-4-5-6-7-8-9-14-22(26)24-21(17(2)25)15-18-16-23-20-13-11-10-12-19(18)20;1-10(2,3)9-7-5-4-6-8-9;1-2/h10-13,16,21,23H,3-9,14-15H2,1-2H3,(H,24,26);4-8H,1-3H3;2H2,1H3. The molecule has 5 heteroatoms. The van der Waals surface area contributed by atoms with Gasteiger partial charge in [0.05, 0.1) is 6.04 Å². The molecular formula is C33H51N3O2. The molecule has 0 aliphatic rings. The van der Waals surface area contributed by atoms with Gasteiger partial charge in [-0.2, -0.15) is 0 Å². The van der Waals surface area contributed by atoms with Gasteiger partial charge >= 0.3 is 0 Å². The number of amides is 1. The largest absolute Gasteiger partial charge is 0.361 e. The summed E-state index contributed by atoms with van der Waals surface area (Å²) in [5, 5.41) is 4.04. The molecule has 0 bridgehead atoms. The van der Waals surface area contributed by atoms with E-state index in [0.717, 1.165) is 29.3 Å². The van der Waals surface area contributed by atoms with E-state index in [0.29, 0.717) is 18.3 Å². The predicted molar refractivity (Wildman–Crippen MR) is 162 cm³/mol. The van der Waals surface area contributed by atoms with Crippen LogP contribution in [0.4, 0.5) is 0 Å². The molecule has 0 saturated heterocycles. The number of carbonyl (C=O) groups is 2. The highest BCUT2D eigenvalue weighted by atomic mass is 16.2. The van der Waals surface area contributed by atoms with Crippen LogP contribution < -0.4 is 11.1 Å². The number of unbranched alkanes of at least 4 members (excludes halogenated alkanes) is 6. The van der Waals surface area contributed by atoms with Crippen molar-refractivity contribution < 1.29 is 9.59 Å². The topological polar surface area (TPSA) is 88.0 Å². The Hall–Kier alpha value is -2.92. The van der Waals surface area contributed by atoms with Gasteiger partial charge in [-0.1, -0.05) is 115 Å². The Morgan fingerprint density at radius 3 is 2.03 bits per heavy atom. The van der Waals surface area contributed by atoms with E-state index < -0.39 is 6.04 Å². The van der Waals surface area contributed by atoms with E-state index in [1.165, 1.54) is 44.7 Å². The lowest BCUT2D eigenvalue weighted by molar-refractivity contribution is -0.126. The van der Waals surface area contributed by atoms with Crippen LogP contribution in [0.15, 0.2) is 60.8 Å². The van der Waals surface area contributed by atoms with Gasteiger partial charge in [0, 0.05) is 29.9 Å². The number of para-hydroxylation sites is 1. The average Bonchev–Trinajstić information content (AvgIpc) is 3.32. The van der Waals surface area contributed by atoms with Crippen molar-refractivity contribution in [1.82, 2.24) is 10.3 Å². The van der Waals surface area contributed by atoms with Crippen molar-refractivity contribution in [2.45, 2.75) is 104 Å². The minimum atomic E-state index is -0.453. The van der Waals surface area contributed by atoms with Gasteiger partial charge in [0.1, 0.15) is 0 Å². The molecule has 38 heavy (non-hydrogen) atoms. The maximum absolute atomic E-state index is 12.2. The van der Waals surface area contributed by atoms with Crippen LogP contribution in [0.3, 0.4) is 0 Å². The highest BCUT2D eigenvalue weighted by Gasteiger charge is 2.19. The maximum atomic E-state index is 12.2. The summed E-state index contributed by atoms with van der Waals surface area (Å²) in [4.78, 5) is 27.4. The van der Waals surface area contributed by atoms with Gasteiger partial charge in [-0.25, -0.2) is 0 Å². The van der Waals surface area contributed by atoms with Crippen LogP contribution in [0.2, 0.25) is 0 Å². The number of nitrogens with one attached hydrogen (secondary N) is 2. The first-order valence-corrected chi connectivity index (χ1v) is 14.2. The first-order valence-electron chi connectivity index (χ1n) is 14.2. The van der Waals surface area contributed by atoms with Crippen LogP contribution in [0.5, 0.6) is 0 Å². The molecule has 4 N–H and O–H groups in total. The first-order chi connectivity index (χ1) is 18.2. The van der Waals surface area contributed by atoms with Gasteiger partial charge in [-0.15, -0.1) is 0 Å². The summed E-state index contributed by atoms with van der Waals surface area (Å²) in [6, 6.07) is 18.1. The highest BCUT2D eigenvalue weighted by molar-refractivity contribution is 5.89. The van der Waals surface area contributed by atoms with E-state index in [4.69, 9.17) is 0 Å². The molecule has 210 valence electrons. The van der Waals surface area contributed by atoms with E-state index in [-0.39, 0.29) is 11.7 Å². The molecule has 0 aliphatic carbocycles. The third-order valence-corrected chi connectivity index (χ3v) is 6.57. The zero-order chi connectivity index (χ0) is 28.4. The molecular weight excluding hydrogens is 470 g/mol. The fraction of sp³-hybridized carbons (Fsp3) is 0.515. The number of H-pyrrole nitrogens is 1. The molecule has 1 amide bonds. The zero-order valence-electron chi connectivity index (χ0n) is 24.6. The van der Waals surface area contributed by atoms with Gasteiger partial charge in [0.2, 0.25) is 5.91 Å². The van der Waals surface area contributed by atoms with Crippen LogP contribution >= 0.6 is 0 Å². The number of Topliss-reactive ketones (excluding diaryl/α,β-unsaturated/α-hetero) is 1. The van der Waals surface area contributed by atoms with Gasteiger partial charge in [-0.3, -0.25) is 9.59 Å². The zero-order valence-corrected chi connectivity index (χ0v) is 24.6. The van der Waals surface area contributed by atoms with Crippen molar-refractivity contribution in [3.63, 3.8) is 0 Å². The molecule has 1 heterocycles. The van der Waals surface area contributed by atoms with Crippen molar-refractivity contribution in [2.24, 2.45) is 5.73 Å². The molecule has 2 aromatic carbocycles. The van der Waals surface area contributed by atoms with Crippen LogP contribution in [0, 0.1) is 0 Å². The van der Waals surface area contributed by atoms with Crippen LogP contribution in [0.25, 0.3) is 10.9 Å². The van der Waals surface area contributed by atoms with Gasteiger partial charge in [-0.05, 0) is 43.0 Å². The van der Waals surface area contributed by atoms with Gasteiger partial charge in [0.25, 0.3) is 0 Å². The summed E-state index contributed by atoms with van der Waals surface area (Å²) in [5.74, 6) is -0.0122. The Balaban J connectivity index is 0.000000501. The molecule has 3 rings (SSSR count). The maximum Gasteiger partial charge on any atom is 0.220 e. The van der Waals surface area contributed by atoms with E-state index in [1.807, 2.05) is 30.5 Å². The Labute approximate surface area is 231 Å². The quantitative estimate of drug-likeness (QED) is 0.216. The number of rotatable bonds is 12. The molecule has 0 aliphatic heterocycles. The summed E-state index contributed by atoms with van der Waals surface area (Å²) in [7, 11) is 1.50. The summed E-state index contributed by atoms with van der Waals surface area (Å²) in [5.41, 5.74) is 8.31. The molecule has 3 aromatic rings. The van der Waals surface area contributed by atoms with Crippen molar-refractivity contribution in [2.75, 3.05) is 7.05 Å². The summed E-state index contributed by atoms with van der Waals surface area (Å²) in [6.45, 7) is 10.4. The van der Waals surface area contributed by atoms with E-state index in [1.54, 1.807) is 6.92 Å². The molecule has 1 aromatic heterocycles. The third kappa shape index (κ3) is 12.6. The summed E-state index contributed by atoms with van der Waals surface area (Å²) in [6.07, 6.45) is 11.3. The normalized spacial score (nSPS) is 11.6. The summed E-state index contributed by atoms with van der Waals surface area (Å²) < 4.78 is 0. The Bertz CT molecular complexity index is 1050. The second kappa shape index (κ2) is 18.4. The number of fused-ring (bicyclic) bond motifs is 1. The summed E-state index contributed by atoms with van der Waals surface area (Å²) >= 11 is 0. The molecule has 0 fully saturated rings. The van der Waals surface area contributed by atoms with Crippen LogP contribution in [-0.2, 0) is 21.4 Å². The van der Waals surface area contributed by atoms with E-state index in [9.17, 15) is 9.59 Å². The monoisotopic (exact) mass is 521 g/mol. The van der Waals surface area contributed by atoms with E-state index in [2.05, 4.69) is 74.1 Å². The molecule has 0 spiro atoms. The van der Waals surface area contributed by atoms with Gasteiger partial charge in [0.15, 0.2) is 5.78 Å². The van der Waals surface area contributed by atoms with E-state index >= 15 is 0 Å². The molecule has 1 atom stereocenters. The lowest BCUT2D eigenvalue weighted by atomic mass is 9.87. The number of carbonyl (C=O) groups excluding carboxylic acids is 2. The second-order valence-electron chi connectivity index (χ2n) is 10.8. The smallest absolute Gasteiger partial charge is 0.220 e. The number of ketones is 1. The minimum absolute atomic E-state index is 0.00296. The molecule has 1 unspecified atom stereocenters. The molecule has 0 saturated carbocycles. The van der Waals surface area contributed by atoms with Crippen molar-refractivity contribution in [1.29, 1.82) is 0 Å². The minimum Gasteiger partial charge on any atom is -0.361 e. The lowest BCUT2D eigenvalue weighted by Gasteiger charge is -2.18. The van der Waals surface area contributed by atoms with Crippen molar-refractivity contribution in [3.8, 4) is 0 Å². The number of nitrogens with two attached hydrogens (primary N) is 1. The highest BCUT2D eigenvalue weighted by Crippen LogP contribution is 2.21. The Morgan fingerprint density at radius 2 is 1.45 bits per heavy atom. The SMILES string of the molecule is CC(C)(C)c1ccccc1.CCCCCCCCCC(=O)NC(Cc1c[nH]c2ccccc12)C(C)=O.CN. The average molecular weight is 522 g/mol. The second-order valence-corrected chi connectivity index (χ2v) is 10.8. The van der Waals surface area contributed by atoms with Crippen LogP contribution in [-0.4, -0.2) is 29.8 Å². The van der Waals surface area contributed by atoms with Gasteiger partial charge < -0.3 is 16.0 Å². The molecule has 5 nitrogen and oxygen atoms in total. The Morgan fingerprint density at radius 1 is 0.868 bits per heavy atom. The predicted octanol–water partition coefficient (Wildman–Crippen LogP) is 7.48.